The van der Waals surface area contributed by atoms with Crippen LogP contribution < -0.4 is 4.72 Å². The van der Waals surface area contributed by atoms with Crippen LogP contribution in [0.1, 0.15) is 5.56 Å². The van der Waals surface area contributed by atoms with Crippen molar-refractivity contribution >= 4 is 37.3 Å². The largest absolute Gasteiger partial charge is 0.382 e. The quantitative estimate of drug-likeness (QED) is 0.720. The number of hydrogen-bond donors (Lipinski definition) is 1. The number of rotatable bonds is 8. The minimum atomic E-state index is -3.43. The standard InChI is InChI=1S/C10H16BrNO4S2/c1-8-7-9(17-10(8)11)18(13,14)12-3-4-16-6-5-15-2/h7,12H,3-6H2,1-2H3. The molecule has 0 saturated carbocycles. The minimum Gasteiger partial charge on any atom is -0.382 e. The highest BCUT2D eigenvalue weighted by Crippen LogP contribution is 2.30. The zero-order chi connectivity index (χ0) is 13.6. The Morgan fingerprint density at radius 2 is 2.11 bits per heavy atom. The highest BCUT2D eigenvalue weighted by atomic mass is 79.9. The van der Waals surface area contributed by atoms with Crippen LogP contribution in [0.5, 0.6) is 0 Å². The summed E-state index contributed by atoms with van der Waals surface area (Å²) in [5.74, 6) is 0. The van der Waals surface area contributed by atoms with Gasteiger partial charge in [-0.15, -0.1) is 11.3 Å². The van der Waals surface area contributed by atoms with Crippen molar-refractivity contribution in [2.24, 2.45) is 0 Å². The van der Waals surface area contributed by atoms with Gasteiger partial charge in [-0.2, -0.15) is 0 Å². The van der Waals surface area contributed by atoms with Crippen LogP contribution in [-0.2, 0) is 19.5 Å². The molecule has 0 spiro atoms. The molecule has 0 radical (unpaired) electrons. The van der Waals surface area contributed by atoms with Crippen molar-refractivity contribution in [2.75, 3.05) is 33.5 Å². The first kappa shape index (κ1) is 16.1. The number of halogens is 1. The van der Waals surface area contributed by atoms with Gasteiger partial charge in [0.25, 0.3) is 0 Å². The van der Waals surface area contributed by atoms with Crippen LogP contribution in [0.4, 0.5) is 0 Å². The molecule has 0 aliphatic rings. The molecule has 0 bridgehead atoms. The summed E-state index contributed by atoms with van der Waals surface area (Å²) >= 11 is 4.51. The number of sulfonamides is 1. The molecule has 8 heteroatoms. The highest BCUT2D eigenvalue weighted by Gasteiger charge is 2.17. The topological polar surface area (TPSA) is 64.6 Å². The van der Waals surface area contributed by atoms with Crippen molar-refractivity contribution in [2.45, 2.75) is 11.1 Å². The van der Waals surface area contributed by atoms with E-state index < -0.39 is 10.0 Å². The second-order valence-electron chi connectivity index (χ2n) is 3.53. The van der Waals surface area contributed by atoms with Gasteiger partial charge in [-0.05, 0) is 34.5 Å². The molecule has 18 heavy (non-hydrogen) atoms. The number of hydrogen-bond acceptors (Lipinski definition) is 5. The van der Waals surface area contributed by atoms with Crippen molar-refractivity contribution in [1.82, 2.24) is 4.72 Å². The van der Waals surface area contributed by atoms with Gasteiger partial charge in [-0.3, -0.25) is 0 Å². The van der Waals surface area contributed by atoms with Gasteiger partial charge in [0, 0.05) is 13.7 Å². The van der Waals surface area contributed by atoms with E-state index in [9.17, 15) is 8.42 Å². The van der Waals surface area contributed by atoms with E-state index in [1.807, 2.05) is 6.92 Å². The molecular formula is C10H16BrNO4S2. The number of aryl methyl sites for hydroxylation is 1. The zero-order valence-electron chi connectivity index (χ0n) is 10.2. The first-order valence-corrected chi connectivity index (χ1v) is 8.39. The smallest absolute Gasteiger partial charge is 0.250 e. The molecule has 1 aromatic rings. The van der Waals surface area contributed by atoms with Crippen LogP contribution in [0.2, 0.25) is 0 Å². The van der Waals surface area contributed by atoms with Gasteiger partial charge in [-0.1, -0.05) is 0 Å². The monoisotopic (exact) mass is 357 g/mol. The molecule has 0 unspecified atom stereocenters. The van der Waals surface area contributed by atoms with Crippen molar-refractivity contribution < 1.29 is 17.9 Å². The number of methoxy groups -OCH3 is 1. The van der Waals surface area contributed by atoms with Crippen LogP contribution >= 0.6 is 27.3 Å². The molecule has 1 rings (SSSR count). The lowest BCUT2D eigenvalue weighted by Gasteiger charge is -2.05. The van der Waals surface area contributed by atoms with E-state index in [1.54, 1.807) is 13.2 Å². The third-order valence-corrected chi connectivity index (χ3v) is 6.14. The highest BCUT2D eigenvalue weighted by molar-refractivity contribution is 9.11. The Balaban J connectivity index is 2.41. The maximum absolute atomic E-state index is 11.9. The van der Waals surface area contributed by atoms with Crippen LogP contribution in [0.25, 0.3) is 0 Å². The molecule has 1 N–H and O–H groups in total. The van der Waals surface area contributed by atoms with Gasteiger partial charge in [0.15, 0.2) is 0 Å². The summed E-state index contributed by atoms with van der Waals surface area (Å²) < 4.78 is 37.4. The maximum Gasteiger partial charge on any atom is 0.250 e. The summed E-state index contributed by atoms with van der Waals surface area (Å²) in [6.45, 7) is 3.40. The Hall–Kier alpha value is 0.01000. The van der Waals surface area contributed by atoms with Crippen molar-refractivity contribution in [3.63, 3.8) is 0 Å². The predicted octanol–water partition coefficient (Wildman–Crippen LogP) is 1.76. The summed E-state index contributed by atoms with van der Waals surface area (Å²) in [5.41, 5.74) is 0.914. The van der Waals surface area contributed by atoms with E-state index in [0.717, 1.165) is 9.35 Å². The third kappa shape index (κ3) is 4.94. The molecule has 0 amide bonds. The molecule has 0 fully saturated rings. The van der Waals surface area contributed by atoms with Crippen molar-refractivity contribution in [3.8, 4) is 0 Å². The Morgan fingerprint density at radius 3 is 2.67 bits per heavy atom. The van der Waals surface area contributed by atoms with E-state index in [4.69, 9.17) is 9.47 Å². The van der Waals surface area contributed by atoms with Gasteiger partial charge in [0.05, 0.1) is 23.6 Å². The van der Waals surface area contributed by atoms with E-state index in [-0.39, 0.29) is 6.54 Å². The number of nitrogens with one attached hydrogen (secondary N) is 1. The Bertz CT molecular complexity index is 453. The van der Waals surface area contributed by atoms with E-state index in [0.29, 0.717) is 24.0 Å². The van der Waals surface area contributed by atoms with E-state index in [2.05, 4.69) is 20.7 Å². The molecule has 0 aromatic carbocycles. The predicted molar refractivity (Wildman–Crippen MR) is 74.6 cm³/mol. The van der Waals surface area contributed by atoms with Gasteiger partial charge in [0.2, 0.25) is 10.0 Å². The van der Waals surface area contributed by atoms with Gasteiger partial charge < -0.3 is 9.47 Å². The van der Waals surface area contributed by atoms with Crippen molar-refractivity contribution in [1.29, 1.82) is 0 Å². The summed E-state index contributed by atoms with van der Waals surface area (Å²) in [7, 11) is -1.84. The third-order valence-electron chi connectivity index (χ3n) is 2.07. The second kappa shape index (κ2) is 7.56. The lowest BCUT2D eigenvalue weighted by molar-refractivity contribution is 0.0736. The Kier molecular flexibility index (Phi) is 6.75. The second-order valence-corrected chi connectivity index (χ2v) is 7.89. The summed E-state index contributed by atoms with van der Waals surface area (Å²) in [6, 6.07) is 1.64. The first-order chi connectivity index (χ1) is 8.47. The van der Waals surface area contributed by atoms with Crippen LogP contribution in [-0.4, -0.2) is 41.9 Å². The average molecular weight is 358 g/mol. The molecule has 1 heterocycles. The molecule has 5 nitrogen and oxygen atoms in total. The average Bonchev–Trinajstić information content (AvgIpc) is 2.65. The van der Waals surface area contributed by atoms with Crippen molar-refractivity contribution in [3.05, 3.63) is 15.4 Å². The summed E-state index contributed by atoms with van der Waals surface area (Å²) in [6.07, 6.45) is 0. The number of thiophene rings is 1. The maximum atomic E-state index is 11.9. The molecule has 0 aliphatic carbocycles. The lowest BCUT2D eigenvalue weighted by Crippen LogP contribution is -2.27. The number of ether oxygens (including phenoxy) is 2. The van der Waals surface area contributed by atoms with Crippen LogP contribution in [0.3, 0.4) is 0 Å². The summed E-state index contributed by atoms with van der Waals surface area (Å²) in [5, 5.41) is 0. The fraction of sp³-hybridized carbons (Fsp3) is 0.600. The van der Waals surface area contributed by atoms with E-state index >= 15 is 0 Å². The molecule has 0 atom stereocenters. The first-order valence-electron chi connectivity index (χ1n) is 5.29. The Morgan fingerprint density at radius 1 is 1.39 bits per heavy atom. The van der Waals surface area contributed by atoms with Gasteiger partial charge >= 0.3 is 0 Å². The zero-order valence-corrected chi connectivity index (χ0v) is 13.5. The van der Waals surface area contributed by atoms with Gasteiger partial charge in [-0.25, -0.2) is 13.1 Å². The summed E-state index contributed by atoms with van der Waals surface area (Å²) in [4.78, 5) is 0. The molecule has 0 saturated heterocycles. The van der Waals surface area contributed by atoms with Crippen LogP contribution in [0.15, 0.2) is 14.1 Å². The van der Waals surface area contributed by atoms with Gasteiger partial charge in [0.1, 0.15) is 4.21 Å². The minimum absolute atomic E-state index is 0.251. The molecule has 1 aromatic heterocycles. The van der Waals surface area contributed by atoms with Crippen LogP contribution in [0, 0.1) is 6.92 Å². The molecule has 104 valence electrons. The molecular weight excluding hydrogens is 342 g/mol. The fourth-order valence-electron chi connectivity index (χ4n) is 1.13. The fourth-order valence-corrected chi connectivity index (χ4v) is 4.41. The SMILES string of the molecule is COCCOCCNS(=O)(=O)c1cc(C)c(Br)s1. The lowest BCUT2D eigenvalue weighted by atomic mass is 10.4. The van der Waals surface area contributed by atoms with E-state index in [1.165, 1.54) is 11.3 Å². The Labute approximate surface area is 120 Å². The molecule has 0 aliphatic heterocycles. The normalized spacial score (nSPS) is 11.9.